The minimum atomic E-state index is -0.754. The first-order valence-corrected chi connectivity index (χ1v) is 8.55. The highest BCUT2D eigenvalue weighted by Gasteiger charge is 2.24. The van der Waals surface area contributed by atoms with E-state index < -0.39 is 21.4 Å². The lowest BCUT2D eigenvalue weighted by Crippen LogP contribution is -2.30. The third kappa shape index (κ3) is 4.74. The first kappa shape index (κ1) is 20.4. The summed E-state index contributed by atoms with van der Waals surface area (Å²) in [4.78, 5) is 40.9. The number of anilines is 3. The topological polar surface area (TPSA) is 165 Å². The third-order valence-electron chi connectivity index (χ3n) is 3.71. The third-order valence-corrected chi connectivity index (χ3v) is 3.94. The summed E-state index contributed by atoms with van der Waals surface area (Å²) in [7, 11) is 0. The van der Waals surface area contributed by atoms with Crippen LogP contribution >= 0.6 is 11.6 Å². The Labute approximate surface area is 173 Å². The molecule has 0 radical (unpaired) electrons. The fourth-order valence-corrected chi connectivity index (χ4v) is 2.58. The van der Waals surface area contributed by atoms with Crippen molar-refractivity contribution in [1.82, 2.24) is 15.4 Å². The number of nitrogens with zero attached hydrogens (tertiary/aromatic N) is 4. The molecule has 152 valence electrons. The zero-order valence-corrected chi connectivity index (χ0v) is 15.7. The first-order chi connectivity index (χ1) is 14.3. The monoisotopic (exact) mass is 429 g/mol. The van der Waals surface area contributed by atoms with Crippen LogP contribution in [0, 0.1) is 20.2 Å². The van der Waals surface area contributed by atoms with Gasteiger partial charge in [-0.1, -0.05) is 23.7 Å². The van der Waals surface area contributed by atoms with Gasteiger partial charge in [0, 0.05) is 28.4 Å². The highest BCUT2D eigenvalue weighted by atomic mass is 35.5. The molecule has 0 aliphatic heterocycles. The Bertz CT molecular complexity index is 1140. The molecule has 1 aromatic heterocycles. The van der Waals surface area contributed by atoms with Gasteiger partial charge in [0.1, 0.15) is 6.33 Å². The molecular weight excluding hydrogens is 418 g/mol. The van der Waals surface area contributed by atoms with Crippen molar-refractivity contribution in [1.29, 1.82) is 0 Å². The van der Waals surface area contributed by atoms with Crippen LogP contribution < -0.4 is 16.2 Å². The number of non-ortho nitro benzene ring substituents is 1. The molecule has 0 aliphatic carbocycles. The number of hydrazine groups is 1. The molecule has 12 nitrogen and oxygen atoms in total. The summed E-state index contributed by atoms with van der Waals surface area (Å²) < 4.78 is 0. The van der Waals surface area contributed by atoms with Gasteiger partial charge >= 0.3 is 5.69 Å². The van der Waals surface area contributed by atoms with E-state index in [1.54, 1.807) is 24.3 Å². The second-order valence-electron chi connectivity index (χ2n) is 5.70. The maximum Gasteiger partial charge on any atom is 0.355 e. The van der Waals surface area contributed by atoms with Crippen molar-refractivity contribution in [3.05, 3.63) is 85.7 Å². The summed E-state index contributed by atoms with van der Waals surface area (Å²) in [6.07, 6.45) is 1.06. The molecule has 0 aliphatic rings. The highest BCUT2D eigenvalue weighted by molar-refractivity contribution is 6.30. The molecule has 13 heteroatoms. The van der Waals surface area contributed by atoms with E-state index in [1.807, 2.05) is 0 Å². The van der Waals surface area contributed by atoms with Gasteiger partial charge < -0.3 is 5.32 Å². The molecule has 30 heavy (non-hydrogen) atoms. The lowest BCUT2D eigenvalue weighted by molar-refractivity contribution is -0.384. The number of nitrogens with one attached hydrogen (secondary N) is 3. The van der Waals surface area contributed by atoms with Gasteiger partial charge in [0.2, 0.25) is 11.6 Å². The van der Waals surface area contributed by atoms with Gasteiger partial charge in [-0.15, -0.1) is 0 Å². The van der Waals surface area contributed by atoms with Crippen LogP contribution in [0.3, 0.4) is 0 Å². The molecule has 0 saturated heterocycles. The van der Waals surface area contributed by atoms with Gasteiger partial charge in [-0.25, -0.2) is 9.97 Å². The van der Waals surface area contributed by atoms with Crippen molar-refractivity contribution in [3.8, 4) is 0 Å². The zero-order chi connectivity index (χ0) is 21.7. The number of aromatic nitrogens is 2. The lowest BCUT2D eigenvalue weighted by Gasteiger charge is -2.11. The average molecular weight is 430 g/mol. The van der Waals surface area contributed by atoms with Gasteiger partial charge in [0.15, 0.2) is 0 Å². The maximum atomic E-state index is 12.2. The fraction of sp³-hybridized carbons (Fsp3) is 0. The van der Waals surface area contributed by atoms with Crippen molar-refractivity contribution in [3.63, 3.8) is 0 Å². The van der Waals surface area contributed by atoms with E-state index in [0.29, 0.717) is 10.7 Å². The maximum absolute atomic E-state index is 12.2. The summed E-state index contributed by atoms with van der Waals surface area (Å²) in [6.45, 7) is 0. The molecule has 1 heterocycles. The van der Waals surface area contributed by atoms with Crippen molar-refractivity contribution in [2.45, 2.75) is 0 Å². The van der Waals surface area contributed by atoms with Crippen molar-refractivity contribution in [2.75, 3.05) is 10.7 Å². The molecular formula is C17H12ClN7O5. The number of rotatable bonds is 7. The molecule has 0 unspecified atom stereocenters. The van der Waals surface area contributed by atoms with Crippen LogP contribution in [0.2, 0.25) is 5.02 Å². The Morgan fingerprint density at radius 1 is 0.967 bits per heavy atom. The number of hydrogen-bond acceptors (Lipinski definition) is 9. The van der Waals surface area contributed by atoms with E-state index in [0.717, 1.165) is 12.4 Å². The molecule has 0 atom stereocenters. The Hall–Kier alpha value is -4.32. The van der Waals surface area contributed by atoms with E-state index in [-0.39, 0.29) is 22.9 Å². The Balaban J connectivity index is 1.82. The molecule has 0 spiro atoms. The number of hydrogen-bond donors (Lipinski definition) is 3. The number of halogens is 1. The summed E-state index contributed by atoms with van der Waals surface area (Å²) in [5.41, 5.74) is 4.20. The molecule has 3 aromatic rings. The second kappa shape index (κ2) is 8.79. The zero-order valence-electron chi connectivity index (χ0n) is 14.9. The van der Waals surface area contributed by atoms with E-state index in [4.69, 9.17) is 11.6 Å². The molecule has 0 bridgehead atoms. The smallest absolute Gasteiger partial charge is 0.334 e. The van der Waals surface area contributed by atoms with Crippen LogP contribution in [0.15, 0.2) is 54.9 Å². The predicted octanol–water partition coefficient (Wildman–Crippen LogP) is 3.45. The van der Waals surface area contributed by atoms with Crippen LogP contribution in [-0.2, 0) is 0 Å². The van der Waals surface area contributed by atoms with Crippen molar-refractivity contribution in [2.24, 2.45) is 0 Å². The molecule has 3 N–H and O–H groups in total. The first-order valence-electron chi connectivity index (χ1n) is 8.18. The summed E-state index contributed by atoms with van der Waals surface area (Å²) >= 11 is 5.91. The van der Waals surface area contributed by atoms with Gasteiger partial charge in [-0.05, 0) is 24.3 Å². The normalized spacial score (nSPS) is 10.2. The number of nitro benzene ring substituents is 1. The molecule has 0 fully saturated rings. The van der Waals surface area contributed by atoms with E-state index >= 15 is 0 Å². The summed E-state index contributed by atoms with van der Waals surface area (Å²) in [5, 5.41) is 25.6. The fourth-order valence-electron chi connectivity index (χ4n) is 2.39. The molecule has 1 amide bonds. The Kier molecular flexibility index (Phi) is 5.98. The summed E-state index contributed by atoms with van der Waals surface area (Å²) in [5.74, 6) is -1.18. The molecule has 0 saturated carbocycles. The predicted molar refractivity (Wildman–Crippen MR) is 108 cm³/mol. The largest absolute Gasteiger partial charge is 0.355 e. The number of carbonyl (C=O) groups is 1. The van der Waals surface area contributed by atoms with Gasteiger partial charge in [0.25, 0.3) is 11.6 Å². The van der Waals surface area contributed by atoms with Crippen LogP contribution in [0.1, 0.15) is 10.4 Å². The SMILES string of the molecule is O=C(NNc1ncnc(Nc2cccc(Cl)c2)c1[N+](=O)[O-])c1cccc([N+](=O)[O-])c1. The second-order valence-corrected chi connectivity index (χ2v) is 6.13. The number of benzene rings is 2. The standard InChI is InChI=1S/C17H12ClN7O5/c18-11-4-2-5-12(8-11)21-15-14(25(29)30)16(20-9-19-15)22-23-17(26)10-3-1-6-13(7-10)24(27)28/h1-9H,(H,23,26)(H2,19,20,21,22). The van der Waals surface area contributed by atoms with Crippen molar-refractivity contribution >= 4 is 46.2 Å². The average Bonchev–Trinajstić information content (AvgIpc) is 2.72. The molecule has 2 aromatic carbocycles. The number of nitro groups is 2. The van der Waals surface area contributed by atoms with Crippen LogP contribution in [0.4, 0.5) is 28.7 Å². The van der Waals surface area contributed by atoms with Gasteiger partial charge in [0.05, 0.1) is 9.85 Å². The van der Waals surface area contributed by atoms with Gasteiger partial charge in [-0.2, -0.15) is 0 Å². The van der Waals surface area contributed by atoms with E-state index in [2.05, 4.69) is 26.1 Å². The van der Waals surface area contributed by atoms with Crippen LogP contribution in [-0.4, -0.2) is 25.7 Å². The lowest BCUT2D eigenvalue weighted by atomic mass is 10.2. The van der Waals surface area contributed by atoms with Gasteiger partial charge in [-0.3, -0.25) is 35.9 Å². The quantitative estimate of drug-likeness (QED) is 0.376. The number of amides is 1. The summed E-state index contributed by atoms with van der Waals surface area (Å²) in [6, 6.07) is 11.5. The van der Waals surface area contributed by atoms with Crippen LogP contribution in [0.5, 0.6) is 0 Å². The minimum Gasteiger partial charge on any atom is -0.334 e. The Morgan fingerprint density at radius 2 is 1.70 bits per heavy atom. The Morgan fingerprint density at radius 3 is 2.40 bits per heavy atom. The van der Waals surface area contributed by atoms with Crippen LogP contribution in [0.25, 0.3) is 0 Å². The molecule has 3 rings (SSSR count). The minimum absolute atomic E-state index is 0.0225. The van der Waals surface area contributed by atoms with Crippen molar-refractivity contribution < 1.29 is 14.6 Å². The van der Waals surface area contributed by atoms with E-state index in [9.17, 15) is 25.0 Å². The highest BCUT2D eigenvalue weighted by Crippen LogP contribution is 2.31. The number of carbonyl (C=O) groups excluding carboxylic acids is 1. The van der Waals surface area contributed by atoms with E-state index in [1.165, 1.54) is 18.2 Å².